The highest BCUT2D eigenvalue weighted by atomic mass is 16.5. The van der Waals surface area contributed by atoms with E-state index in [9.17, 15) is 0 Å². The molecule has 0 unspecified atom stereocenters. The van der Waals surface area contributed by atoms with Crippen LogP contribution in [-0.4, -0.2) is 19.8 Å². The van der Waals surface area contributed by atoms with Crippen molar-refractivity contribution in [2.75, 3.05) is 25.6 Å². The smallest absolute Gasteiger partial charge is 0.122 e. The molecule has 2 N–H and O–H groups in total. The van der Waals surface area contributed by atoms with Gasteiger partial charge in [-0.3, -0.25) is 0 Å². The molecule has 0 saturated heterocycles. The predicted octanol–water partition coefficient (Wildman–Crippen LogP) is 3.01. The molecule has 0 aliphatic carbocycles. The molecule has 0 aromatic heterocycles. The lowest BCUT2D eigenvalue weighted by atomic mass is 10.1. The summed E-state index contributed by atoms with van der Waals surface area (Å²) in [6.07, 6.45) is 2.83. The second kappa shape index (κ2) is 6.64. The Morgan fingerprint density at radius 2 is 1.90 bits per heavy atom. The second-order valence-corrected chi connectivity index (χ2v) is 5.35. The average Bonchev–Trinajstić information content (AvgIpc) is 2.96. The van der Waals surface area contributed by atoms with Crippen LogP contribution < -0.4 is 10.5 Å². The molecule has 0 fully saturated rings. The Kier molecular flexibility index (Phi) is 4.41. The number of para-hydroxylation sites is 1. The maximum atomic E-state index is 5.91. The number of ether oxygens (including phenoxy) is 2. The van der Waals surface area contributed by atoms with E-state index in [0.29, 0.717) is 6.61 Å². The molecule has 3 rings (SSSR count). The summed E-state index contributed by atoms with van der Waals surface area (Å²) >= 11 is 0. The fraction of sp³-hybridized carbons (Fsp3) is 0.333. The maximum absolute atomic E-state index is 5.91. The summed E-state index contributed by atoms with van der Waals surface area (Å²) in [5.41, 5.74) is 10.6. The predicted molar refractivity (Wildman–Crippen MR) is 84.7 cm³/mol. The van der Waals surface area contributed by atoms with E-state index in [0.717, 1.165) is 49.5 Å². The van der Waals surface area contributed by atoms with Gasteiger partial charge in [0.05, 0.1) is 19.8 Å². The van der Waals surface area contributed by atoms with Crippen molar-refractivity contribution in [1.82, 2.24) is 0 Å². The molecule has 1 aliphatic heterocycles. The van der Waals surface area contributed by atoms with Crippen LogP contribution in [0.2, 0.25) is 0 Å². The van der Waals surface area contributed by atoms with Crippen LogP contribution in [0.3, 0.4) is 0 Å². The highest BCUT2D eigenvalue weighted by Crippen LogP contribution is 2.25. The first-order chi connectivity index (χ1) is 10.3. The molecule has 0 bridgehead atoms. The Bertz CT molecular complexity index is 610. The quantitative estimate of drug-likeness (QED) is 0.654. The van der Waals surface area contributed by atoms with E-state index < -0.39 is 0 Å². The number of benzene rings is 2. The first-order valence-corrected chi connectivity index (χ1v) is 7.48. The third-order valence-electron chi connectivity index (χ3n) is 3.86. The van der Waals surface area contributed by atoms with Crippen molar-refractivity contribution in [2.45, 2.75) is 19.3 Å². The molecule has 110 valence electrons. The molecule has 0 amide bonds. The van der Waals surface area contributed by atoms with Crippen LogP contribution in [0.4, 0.5) is 5.69 Å². The summed E-state index contributed by atoms with van der Waals surface area (Å²) in [7, 11) is 0. The molecule has 0 saturated carbocycles. The summed E-state index contributed by atoms with van der Waals surface area (Å²) in [5.74, 6) is 1.04. The van der Waals surface area contributed by atoms with Crippen LogP contribution in [0.1, 0.15) is 16.7 Å². The molecule has 2 aromatic carbocycles. The van der Waals surface area contributed by atoms with Gasteiger partial charge in [-0.1, -0.05) is 30.3 Å². The number of fused-ring (bicyclic) bond motifs is 1. The first-order valence-electron chi connectivity index (χ1n) is 7.48. The first kappa shape index (κ1) is 14.0. The number of hydrogen-bond acceptors (Lipinski definition) is 3. The minimum Gasteiger partial charge on any atom is -0.493 e. The fourth-order valence-corrected chi connectivity index (χ4v) is 2.63. The summed E-state index contributed by atoms with van der Waals surface area (Å²) in [6.45, 7) is 2.27. The number of nitrogens with two attached hydrogens (primary N) is 1. The van der Waals surface area contributed by atoms with Crippen molar-refractivity contribution in [3.8, 4) is 5.75 Å². The van der Waals surface area contributed by atoms with Crippen molar-refractivity contribution in [3.05, 3.63) is 59.2 Å². The van der Waals surface area contributed by atoms with Crippen LogP contribution in [0.5, 0.6) is 5.75 Å². The van der Waals surface area contributed by atoms with Crippen LogP contribution >= 0.6 is 0 Å². The standard InChI is InChI=1S/C18H21NO2/c19-17-4-2-1-3-15(17)8-11-20-10-7-14-5-6-18-16(13-14)9-12-21-18/h1-6,13H,7-12,19H2. The Morgan fingerprint density at radius 1 is 1.05 bits per heavy atom. The van der Waals surface area contributed by atoms with Gasteiger partial charge < -0.3 is 15.2 Å². The van der Waals surface area contributed by atoms with Gasteiger partial charge in [-0.2, -0.15) is 0 Å². The summed E-state index contributed by atoms with van der Waals surface area (Å²) in [5, 5.41) is 0. The summed E-state index contributed by atoms with van der Waals surface area (Å²) in [6, 6.07) is 14.4. The van der Waals surface area contributed by atoms with Gasteiger partial charge in [-0.15, -0.1) is 0 Å². The highest BCUT2D eigenvalue weighted by Gasteiger charge is 2.11. The van der Waals surface area contributed by atoms with Crippen LogP contribution in [-0.2, 0) is 24.0 Å². The largest absolute Gasteiger partial charge is 0.493 e. The second-order valence-electron chi connectivity index (χ2n) is 5.35. The van der Waals surface area contributed by atoms with E-state index in [1.807, 2.05) is 18.2 Å². The minimum absolute atomic E-state index is 0.711. The molecule has 0 radical (unpaired) electrons. The topological polar surface area (TPSA) is 44.5 Å². The molecule has 2 aromatic rings. The zero-order chi connectivity index (χ0) is 14.5. The lowest BCUT2D eigenvalue weighted by Gasteiger charge is -2.07. The maximum Gasteiger partial charge on any atom is 0.122 e. The Labute approximate surface area is 125 Å². The summed E-state index contributed by atoms with van der Waals surface area (Å²) < 4.78 is 11.2. The van der Waals surface area contributed by atoms with E-state index in [2.05, 4.69) is 24.3 Å². The van der Waals surface area contributed by atoms with Crippen molar-refractivity contribution < 1.29 is 9.47 Å². The Morgan fingerprint density at radius 3 is 2.81 bits per heavy atom. The third-order valence-corrected chi connectivity index (χ3v) is 3.86. The van der Waals surface area contributed by atoms with Gasteiger partial charge in [0.25, 0.3) is 0 Å². The molecule has 0 atom stereocenters. The van der Waals surface area contributed by atoms with E-state index in [1.165, 1.54) is 11.1 Å². The van der Waals surface area contributed by atoms with Gasteiger partial charge in [0.1, 0.15) is 5.75 Å². The van der Waals surface area contributed by atoms with Crippen molar-refractivity contribution in [2.24, 2.45) is 0 Å². The lowest BCUT2D eigenvalue weighted by Crippen LogP contribution is -2.04. The Balaban J connectivity index is 1.41. The molecule has 1 heterocycles. The molecular formula is C18H21NO2. The van der Waals surface area contributed by atoms with Crippen molar-refractivity contribution >= 4 is 5.69 Å². The number of nitrogen functional groups attached to an aromatic ring is 1. The molecular weight excluding hydrogens is 262 g/mol. The number of anilines is 1. The van der Waals surface area contributed by atoms with Crippen LogP contribution in [0.15, 0.2) is 42.5 Å². The van der Waals surface area contributed by atoms with E-state index in [4.69, 9.17) is 15.2 Å². The van der Waals surface area contributed by atoms with Gasteiger partial charge in [-0.25, -0.2) is 0 Å². The lowest BCUT2D eigenvalue weighted by molar-refractivity contribution is 0.140. The molecule has 3 heteroatoms. The number of hydrogen-bond donors (Lipinski definition) is 1. The molecule has 3 nitrogen and oxygen atoms in total. The summed E-state index contributed by atoms with van der Waals surface area (Å²) in [4.78, 5) is 0. The monoisotopic (exact) mass is 283 g/mol. The minimum atomic E-state index is 0.711. The normalized spacial score (nSPS) is 13.0. The highest BCUT2D eigenvalue weighted by molar-refractivity contribution is 5.46. The van der Waals surface area contributed by atoms with Gasteiger partial charge in [0.15, 0.2) is 0 Å². The zero-order valence-corrected chi connectivity index (χ0v) is 12.2. The van der Waals surface area contributed by atoms with Crippen LogP contribution in [0.25, 0.3) is 0 Å². The van der Waals surface area contributed by atoms with Gasteiger partial charge in [0, 0.05) is 12.1 Å². The van der Waals surface area contributed by atoms with E-state index >= 15 is 0 Å². The third kappa shape index (κ3) is 3.56. The zero-order valence-electron chi connectivity index (χ0n) is 12.2. The SMILES string of the molecule is Nc1ccccc1CCOCCc1ccc2c(c1)CCO2. The average molecular weight is 283 g/mol. The molecule has 0 spiro atoms. The van der Waals surface area contributed by atoms with Crippen LogP contribution in [0, 0.1) is 0 Å². The molecule has 1 aliphatic rings. The Hall–Kier alpha value is -2.00. The van der Waals surface area contributed by atoms with Crippen molar-refractivity contribution in [1.29, 1.82) is 0 Å². The van der Waals surface area contributed by atoms with E-state index in [1.54, 1.807) is 0 Å². The van der Waals surface area contributed by atoms with E-state index in [-0.39, 0.29) is 0 Å². The number of rotatable bonds is 6. The van der Waals surface area contributed by atoms with Crippen molar-refractivity contribution in [3.63, 3.8) is 0 Å². The van der Waals surface area contributed by atoms with Gasteiger partial charge >= 0.3 is 0 Å². The fourth-order valence-electron chi connectivity index (χ4n) is 2.63. The van der Waals surface area contributed by atoms with Gasteiger partial charge in [-0.05, 0) is 41.7 Å². The van der Waals surface area contributed by atoms with Gasteiger partial charge in [0.2, 0.25) is 0 Å². The molecule has 21 heavy (non-hydrogen) atoms.